The van der Waals surface area contributed by atoms with E-state index in [-0.39, 0.29) is 24.0 Å². The number of hydrogen-bond acceptors (Lipinski definition) is 5. The second kappa shape index (κ2) is 12.0. The fourth-order valence-electron chi connectivity index (χ4n) is 2.94. The van der Waals surface area contributed by atoms with E-state index in [9.17, 15) is 0 Å². The molecule has 154 valence electrons. The maximum absolute atomic E-state index is 5.61. The molecule has 0 amide bonds. The number of benzene rings is 1. The Morgan fingerprint density at radius 3 is 2.57 bits per heavy atom. The molecule has 0 bridgehead atoms. The second-order valence-electron chi connectivity index (χ2n) is 6.64. The van der Waals surface area contributed by atoms with Crippen molar-refractivity contribution in [2.75, 3.05) is 53.0 Å². The van der Waals surface area contributed by atoms with Crippen LogP contribution < -0.4 is 10.6 Å². The van der Waals surface area contributed by atoms with E-state index in [0.29, 0.717) is 5.89 Å². The number of oxazole rings is 1. The number of aryl methyl sites for hydroxylation is 1. The van der Waals surface area contributed by atoms with Crippen LogP contribution in [0.1, 0.15) is 11.3 Å². The van der Waals surface area contributed by atoms with Crippen molar-refractivity contribution in [3.05, 3.63) is 41.8 Å². The number of aromatic nitrogens is 1. The first-order valence-corrected chi connectivity index (χ1v) is 9.50. The number of ether oxygens (including phenoxy) is 1. The van der Waals surface area contributed by atoms with Gasteiger partial charge in [0.05, 0.1) is 18.9 Å². The van der Waals surface area contributed by atoms with Crippen LogP contribution in [0.2, 0.25) is 0 Å². The summed E-state index contributed by atoms with van der Waals surface area (Å²) in [4.78, 5) is 11.2. The first-order valence-electron chi connectivity index (χ1n) is 9.50. The average Bonchev–Trinajstić information content (AvgIpc) is 3.17. The van der Waals surface area contributed by atoms with E-state index in [2.05, 4.69) is 44.6 Å². The van der Waals surface area contributed by atoms with E-state index in [0.717, 1.165) is 69.6 Å². The third-order valence-corrected chi connectivity index (χ3v) is 4.57. The van der Waals surface area contributed by atoms with Crippen molar-refractivity contribution >= 4 is 29.9 Å². The molecule has 0 radical (unpaired) electrons. The highest BCUT2D eigenvalue weighted by Crippen LogP contribution is 2.19. The van der Waals surface area contributed by atoms with E-state index in [1.54, 1.807) is 13.3 Å². The summed E-state index contributed by atoms with van der Waals surface area (Å²) in [5.41, 5.74) is 3.16. The van der Waals surface area contributed by atoms with Crippen molar-refractivity contribution in [3.63, 3.8) is 0 Å². The number of nitrogens with one attached hydrogen (secondary N) is 2. The number of morpholine rings is 1. The molecule has 0 saturated carbocycles. The fraction of sp³-hybridized carbons (Fsp3) is 0.500. The van der Waals surface area contributed by atoms with Crippen LogP contribution in [0.15, 0.2) is 39.9 Å². The van der Waals surface area contributed by atoms with Crippen LogP contribution in [0.5, 0.6) is 0 Å². The van der Waals surface area contributed by atoms with Crippen LogP contribution in [0.3, 0.4) is 0 Å². The molecule has 0 atom stereocenters. The Hall–Kier alpha value is -1.65. The number of nitrogens with zero attached hydrogens (tertiary/aromatic N) is 3. The zero-order valence-electron chi connectivity index (χ0n) is 16.6. The standard InChI is InChI=1S/C20H29N5O2.HI/c1-16-3-5-17(6-4-16)19-24-18(15-27-19)7-8-22-20(21-2)23-9-10-25-11-13-26-14-12-25;/h3-6,15H,7-14H2,1-2H3,(H2,21,22,23);1H. The maximum atomic E-state index is 5.61. The lowest BCUT2D eigenvalue weighted by Crippen LogP contribution is -2.44. The number of guanidine groups is 1. The first kappa shape index (κ1) is 22.6. The molecule has 1 saturated heterocycles. The van der Waals surface area contributed by atoms with Gasteiger partial charge in [0.2, 0.25) is 5.89 Å². The Bertz CT molecular complexity index is 726. The molecule has 0 spiro atoms. The number of aliphatic imine (C=N–C) groups is 1. The molecule has 1 fully saturated rings. The lowest BCUT2D eigenvalue weighted by atomic mass is 10.1. The minimum absolute atomic E-state index is 0. The molecule has 1 aliphatic rings. The Morgan fingerprint density at radius 2 is 1.86 bits per heavy atom. The molecule has 7 nitrogen and oxygen atoms in total. The summed E-state index contributed by atoms with van der Waals surface area (Å²) in [6.07, 6.45) is 2.50. The van der Waals surface area contributed by atoms with Gasteiger partial charge in [-0.2, -0.15) is 0 Å². The lowest BCUT2D eigenvalue weighted by molar-refractivity contribution is 0.0389. The summed E-state index contributed by atoms with van der Waals surface area (Å²) in [6.45, 7) is 8.33. The third kappa shape index (κ3) is 7.06. The Labute approximate surface area is 184 Å². The number of hydrogen-bond donors (Lipinski definition) is 2. The zero-order valence-corrected chi connectivity index (χ0v) is 18.9. The average molecular weight is 499 g/mol. The molecule has 1 aromatic heterocycles. The van der Waals surface area contributed by atoms with E-state index >= 15 is 0 Å². The third-order valence-electron chi connectivity index (χ3n) is 4.57. The largest absolute Gasteiger partial charge is 0.444 e. The number of halogens is 1. The van der Waals surface area contributed by atoms with Crippen molar-refractivity contribution in [2.24, 2.45) is 4.99 Å². The van der Waals surface area contributed by atoms with Crippen LogP contribution in [-0.2, 0) is 11.2 Å². The predicted octanol–water partition coefficient (Wildman–Crippen LogP) is 2.31. The van der Waals surface area contributed by atoms with Gasteiger partial charge < -0.3 is 19.8 Å². The summed E-state index contributed by atoms with van der Waals surface area (Å²) in [6, 6.07) is 8.19. The van der Waals surface area contributed by atoms with Crippen molar-refractivity contribution in [2.45, 2.75) is 13.3 Å². The van der Waals surface area contributed by atoms with E-state index in [4.69, 9.17) is 9.15 Å². The second-order valence-corrected chi connectivity index (χ2v) is 6.64. The molecule has 1 aromatic carbocycles. The van der Waals surface area contributed by atoms with Crippen molar-refractivity contribution < 1.29 is 9.15 Å². The van der Waals surface area contributed by atoms with Crippen molar-refractivity contribution in [1.82, 2.24) is 20.5 Å². The minimum atomic E-state index is 0. The van der Waals surface area contributed by atoms with Gasteiger partial charge >= 0.3 is 0 Å². The molecule has 3 rings (SSSR count). The quantitative estimate of drug-likeness (QED) is 0.346. The smallest absolute Gasteiger partial charge is 0.226 e. The van der Waals surface area contributed by atoms with E-state index in [1.165, 1.54) is 5.56 Å². The summed E-state index contributed by atoms with van der Waals surface area (Å²) in [5, 5.41) is 6.68. The van der Waals surface area contributed by atoms with Crippen molar-refractivity contribution in [3.8, 4) is 11.5 Å². The molecule has 2 heterocycles. The highest BCUT2D eigenvalue weighted by atomic mass is 127. The summed E-state index contributed by atoms with van der Waals surface area (Å²) in [7, 11) is 1.79. The van der Waals surface area contributed by atoms with Gasteiger partial charge in [-0.15, -0.1) is 24.0 Å². The van der Waals surface area contributed by atoms with E-state index < -0.39 is 0 Å². The fourth-order valence-corrected chi connectivity index (χ4v) is 2.94. The molecule has 28 heavy (non-hydrogen) atoms. The van der Waals surface area contributed by atoms with Crippen LogP contribution in [0.4, 0.5) is 0 Å². The van der Waals surface area contributed by atoms with Gasteiger partial charge in [0.15, 0.2) is 5.96 Å². The molecule has 8 heteroatoms. The zero-order chi connectivity index (χ0) is 18.9. The van der Waals surface area contributed by atoms with Gasteiger partial charge in [0.1, 0.15) is 6.26 Å². The summed E-state index contributed by atoms with van der Waals surface area (Å²) >= 11 is 0. The molecule has 0 unspecified atom stereocenters. The lowest BCUT2D eigenvalue weighted by Gasteiger charge is -2.26. The Kier molecular flexibility index (Phi) is 9.72. The van der Waals surface area contributed by atoms with Crippen LogP contribution in [0.25, 0.3) is 11.5 Å². The monoisotopic (exact) mass is 499 g/mol. The van der Waals surface area contributed by atoms with Gasteiger partial charge in [0, 0.05) is 51.8 Å². The highest BCUT2D eigenvalue weighted by Gasteiger charge is 2.10. The number of rotatable bonds is 7. The molecule has 0 aliphatic carbocycles. The van der Waals surface area contributed by atoms with E-state index in [1.807, 2.05) is 12.1 Å². The van der Waals surface area contributed by atoms with Crippen LogP contribution in [0, 0.1) is 6.92 Å². The molecular weight excluding hydrogens is 469 g/mol. The Morgan fingerprint density at radius 1 is 1.14 bits per heavy atom. The summed E-state index contributed by atoms with van der Waals surface area (Å²) in [5.74, 6) is 1.48. The Balaban J connectivity index is 0.00000280. The highest BCUT2D eigenvalue weighted by molar-refractivity contribution is 14.0. The van der Waals surface area contributed by atoms with Crippen LogP contribution in [-0.4, -0.2) is 68.8 Å². The first-order chi connectivity index (χ1) is 13.2. The SMILES string of the molecule is CN=C(NCCc1coc(-c2ccc(C)cc2)n1)NCCN1CCOCC1.I. The van der Waals surface area contributed by atoms with Gasteiger partial charge in [-0.25, -0.2) is 4.98 Å². The normalized spacial score (nSPS) is 15.1. The van der Waals surface area contributed by atoms with Gasteiger partial charge in [-0.3, -0.25) is 9.89 Å². The van der Waals surface area contributed by atoms with Gasteiger partial charge in [0.25, 0.3) is 0 Å². The van der Waals surface area contributed by atoms with Gasteiger partial charge in [-0.05, 0) is 19.1 Å². The van der Waals surface area contributed by atoms with Gasteiger partial charge in [-0.1, -0.05) is 17.7 Å². The molecule has 1 aliphatic heterocycles. The topological polar surface area (TPSA) is 74.9 Å². The van der Waals surface area contributed by atoms with Crippen molar-refractivity contribution in [1.29, 1.82) is 0 Å². The molecule has 2 aromatic rings. The van der Waals surface area contributed by atoms with Crippen LogP contribution >= 0.6 is 24.0 Å². The minimum Gasteiger partial charge on any atom is -0.444 e. The molecular formula is C20H30IN5O2. The summed E-state index contributed by atoms with van der Waals surface area (Å²) < 4.78 is 11.0. The maximum Gasteiger partial charge on any atom is 0.226 e. The predicted molar refractivity (Wildman–Crippen MR) is 122 cm³/mol. The molecule has 2 N–H and O–H groups in total.